The Labute approximate surface area is 222 Å². The summed E-state index contributed by atoms with van der Waals surface area (Å²) < 4.78 is 22.6. The van der Waals surface area contributed by atoms with E-state index in [1.807, 2.05) is 19.2 Å². The van der Waals surface area contributed by atoms with Crippen LogP contribution in [0.5, 0.6) is 28.7 Å². The van der Waals surface area contributed by atoms with Crippen molar-refractivity contribution >= 4 is 11.9 Å². The first-order valence-electron chi connectivity index (χ1n) is 12.7. The molecule has 2 aliphatic rings. The molecule has 198 valence electrons. The van der Waals surface area contributed by atoms with Crippen molar-refractivity contribution in [2.24, 2.45) is 0 Å². The van der Waals surface area contributed by atoms with Crippen molar-refractivity contribution in [3.63, 3.8) is 0 Å². The number of fused-ring (bicyclic) bond motifs is 1. The minimum atomic E-state index is -0.238. The molecule has 3 aromatic rings. The van der Waals surface area contributed by atoms with E-state index in [1.54, 1.807) is 51.8 Å². The SMILES string of the molecule is COc1cc(OC)c(OC)cc1/C=C1\Oc2c(CN3CCCC[C@H]3c3cccnc3)c(O)cc(C)c2C1=O. The Morgan fingerprint density at radius 3 is 2.58 bits per heavy atom. The van der Waals surface area contributed by atoms with Gasteiger partial charge in [0, 0.05) is 36.6 Å². The molecular weight excluding hydrogens is 484 g/mol. The highest BCUT2D eigenvalue weighted by Gasteiger charge is 2.35. The summed E-state index contributed by atoms with van der Waals surface area (Å²) in [6, 6.07) is 9.31. The monoisotopic (exact) mass is 516 g/mol. The second-order valence-corrected chi connectivity index (χ2v) is 9.55. The minimum Gasteiger partial charge on any atom is -0.507 e. The number of aryl methyl sites for hydroxylation is 1. The van der Waals surface area contributed by atoms with E-state index in [0.717, 1.165) is 31.4 Å². The van der Waals surface area contributed by atoms with Gasteiger partial charge in [-0.2, -0.15) is 0 Å². The Balaban J connectivity index is 1.52. The number of hydrogen-bond donors (Lipinski definition) is 1. The number of carbonyl (C=O) groups excluding carboxylic acids is 1. The van der Waals surface area contributed by atoms with Gasteiger partial charge in [-0.15, -0.1) is 0 Å². The maximum absolute atomic E-state index is 13.5. The predicted octanol–water partition coefficient (Wildman–Crippen LogP) is 5.46. The van der Waals surface area contributed by atoms with Crippen LogP contribution in [0.1, 0.15) is 57.9 Å². The number of aromatic nitrogens is 1. The number of phenolic OH excluding ortho intramolecular Hbond substituents is 1. The highest BCUT2D eigenvalue weighted by atomic mass is 16.5. The van der Waals surface area contributed by atoms with Gasteiger partial charge in [0.25, 0.3) is 0 Å². The van der Waals surface area contributed by atoms with Crippen LogP contribution in [0, 0.1) is 6.92 Å². The van der Waals surface area contributed by atoms with Crippen LogP contribution in [-0.4, -0.2) is 48.6 Å². The van der Waals surface area contributed by atoms with Gasteiger partial charge in [-0.1, -0.05) is 12.5 Å². The fourth-order valence-corrected chi connectivity index (χ4v) is 5.37. The molecule has 1 fully saturated rings. The number of likely N-dealkylation sites (tertiary alicyclic amines) is 1. The predicted molar refractivity (Wildman–Crippen MR) is 143 cm³/mol. The van der Waals surface area contributed by atoms with E-state index in [-0.39, 0.29) is 23.3 Å². The fraction of sp³-hybridized carbons (Fsp3) is 0.333. The van der Waals surface area contributed by atoms with Crippen LogP contribution < -0.4 is 18.9 Å². The lowest BCUT2D eigenvalue weighted by Gasteiger charge is -2.36. The van der Waals surface area contributed by atoms with Crippen LogP contribution in [0.4, 0.5) is 0 Å². The minimum absolute atomic E-state index is 0.120. The first kappa shape index (κ1) is 25.6. The second-order valence-electron chi connectivity index (χ2n) is 9.55. The number of allylic oxidation sites excluding steroid dienone is 1. The average Bonchev–Trinajstić information content (AvgIpc) is 3.27. The Hall–Kier alpha value is -4.04. The van der Waals surface area contributed by atoms with E-state index in [4.69, 9.17) is 18.9 Å². The molecule has 0 unspecified atom stereocenters. The van der Waals surface area contributed by atoms with Gasteiger partial charge in [-0.25, -0.2) is 0 Å². The summed E-state index contributed by atoms with van der Waals surface area (Å²) in [5.41, 5.74) is 3.50. The van der Waals surface area contributed by atoms with Crippen molar-refractivity contribution in [3.8, 4) is 28.7 Å². The number of phenols is 1. The number of Topliss-reactive ketones (excluding diaryl/α,β-unsaturated/α-hetero) is 1. The van der Waals surface area contributed by atoms with Crippen molar-refractivity contribution in [3.05, 3.63) is 76.3 Å². The van der Waals surface area contributed by atoms with Gasteiger partial charge >= 0.3 is 0 Å². The van der Waals surface area contributed by atoms with E-state index in [2.05, 4.69) is 16.0 Å². The Bertz CT molecular complexity index is 1390. The molecule has 38 heavy (non-hydrogen) atoms. The molecule has 0 radical (unpaired) electrons. The number of methoxy groups -OCH3 is 3. The summed E-state index contributed by atoms with van der Waals surface area (Å²) in [6.07, 6.45) is 8.52. The van der Waals surface area contributed by atoms with Crippen molar-refractivity contribution in [1.82, 2.24) is 9.88 Å². The first-order chi connectivity index (χ1) is 18.4. The highest BCUT2D eigenvalue weighted by Crippen LogP contribution is 2.45. The zero-order valence-electron chi connectivity index (χ0n) is 22.1. The lowest BCUT2D eigenvalue weighted by Crippen LogP contribution is -2.33. The van der Waals surface area contributed by atoms with Crippen LogP contribution in [0.25, 0.3) is 6.08 Å². The van der Waals surface area contributed by atoms with Crippen LogP contribution in [0.15, 0.2) is 48.5 Å². The molecule has 1 saturated heterocycles. The number of hydrogen-bond acceptors (Lipinski definition) is 8. The molecule has 5 rings (SSSR count). The van der Waals surface area contributed by atoms with E-state index in [9.17, 15) is 9.90 Å². The number of aromatic hydroxyl groups is 1. The van der Waals surface area contributed by atoms with Crippen molar-refractivity contribution in [2.75, 3.05) is 27.9 Å². The van der Waals surface area contributed by atoms with Gasteiger partial charge < -0.3 is 24.1 Å². The number of piperidine rings is 1. The number of ketones is 1. The summed E-state index contributed by atoms with van der Waals surface area (Å²) in [4.78, 5) is 20.2. The normalized spacial score (nSPS) is 18.3. The molecule has 0 spiro atoms. The van der Waals surface area contributed by atoms with Gasteiger partial charge in [-0.3, -0.25) is 14.7 Å². The highest BCUT2D eigenvalue weighted by molar-refractivity contribution is 6.16. The third-order valence-corrected chi connectivity index (χ3v) is 7.29. The van der Waals surface area contributed by atoms with Crippen LogP contribution in [-0.2, 0) is 6.54 Å². The quantitative estimate of drug-likeness (QED) is 0.414. The first-order valence-corrected chi connectivity index (χ1v) is 12.7. The van der Waals surface area contributed by atoms with E-state index in [0.29, 0.717) is 51.8 Å². The number of pyridine rings is 1. The molecule has 1 aromatic heterocycles. The number of nitrogens with zero attached hydrogens (tertiary/aromatic N) is 2. The summed E-state index contributed by atoms with van der Waals surface area (Å²) in [5.74, 6) is 1.98. The topological polar surface area (TPSA) is 90.3 Å². The molecule has 1 atom stereocenters. The summed E-state index contributed by atoms with van der Waals surface area (Å²) in [6.45, 7) is 3.14. The van der Waals surface area contributed by atoms with Crippen molar-refractivity contribution in [2.45, 2.75) is 38.8 Å². The van der Waals surface area contributed by atoms with Crippen molar-refractivity contribution < 1.29 is 28.8 Å². The molecule has 2 aliphatic heterocycles. The summed E-state index contributed by atoms with van der Waals surface area (Å²) >= 11 is 0. The van der Waals surface area contributed by atoms with Crippen LogP contribution in [0.2, 0.25) is 0 Å². The molecule has 2 aromatic carbocycles. The molecule has 0 bridgehead atoms. The average molecular weight is 517 g/mol. The third kappa shape index (κ3) is 4.67. The van der Waals surface area contributed by atoms with Crippen molar-refractivity contribution in [1.29, 1.82) is 0 Å². The number of carbonyl (C=O) groups is 1. The van der Waals surface area contributed by atoms with Gasteiger partial charge in [0.05, 0.1) is 32.5 Å². The van der Waals surface area contributed by atoms with Gasteiger partial charge in [0.15, 0.2) is 17.3 Å². The van der Waals surface area contributed by atoms with Gasteiger partial charge in [0.1, 0.15) is 17.2 Å². The number of benzene rings is 2. The fourth-order valence-electron chi connectivity index (χ4n) is 5.37. The summed E-state index contributed by atoms with van der Waals surface area (Å²) in [5, 5.41) is 11.0. The Morgan fingerprint density at radius 1 is 1.11 bits per heavy atom. The molecular formula is C30H32N2O6. The zero-order chi connectivity index (χ0) is 26.8. The maximum Gasteiger partial charge on any atom is 0.232 e. The molecule has 0 saturated carbocycles. The molecule has 3 heterocycles. The molecule has 0 aliphatic carbocycles. The molecule has 8 nitrogen and oxygen atoms in total. The third-order valence-electron chi connectivity index (χ3n) is 7.29. The Morgan fingerprint density at radius 2 is 1.87 bits per heavy atom. The number of ether oxygens (including phenoxy) is 4. The Kier molecular flexibility index (Phi) is 7.24. The molecule has 8 heteroatoms. The van der Waals surface area contributed by atoms with Crippen LogP contribution >= 0.6 is 0 Å². The zero-order valence-corrected chi connectivity index (χ0v) is 22.1. The second kappa shape index (κ2) is 10.8. The van der Waals surface area contributed by atoms with E-state index in [1.165, 1.54) is 0 Å². The van der Waals surface area contributed by atoms with E-state index < -0.39 is 0 Å². The maximum atomic E-state index is 13.5. The van der Waals surface area contributed by atoms with Gasteiger partial charge in [0.2, 0.25) is 5.78 Å². The lowest BCUT2D eigenvalue weighted by molar-refractivity contribution is 0.101. The van der Waals surface area contributed by atoms with E-state index >= 15 is 0 Å². The van der Waals surface area contributed by atoms with Gasteiger partial charge in [-0.05, 0) is 61.7 Å². The standard InChI is InChI=1S/C30H32N2O6/c1-18-12-23(33)21(17-32-11-6-5-9-22(32)19-8-7-10-31-16-19)30-28(18)29(34)27(38-30)14-20-13-25(36-3)26(37-4)15-24(20)35-2/h7-8,10,12-16,22,33H,5-6,9,11,17H2,1-4H3/b27-14-/t22-/m0/s1. The van der Waals surface area contributed by atoms with Crippen LogP contribution in [0.3, 0.4) is 0 Å². The number of rotatable bonds is 7. The summed E-state index contributed by atoms with van der Waals surface area (Å²) in [7, 11) is 4.65. The molecule has 1 N–H and O–H groups in total. The molecule has 0 amide bonds. The lowest BCUT2D eigenvalue weighted by atomic mass is 9.94. The largest absolute Gasteiger partial charge is 0.507 e. The smallest absolute Gasteiger partial charge is 0.232 e.